The van der Waals surface area contributed by atoms with Gasteiger partial charge in [0.25, 0.3) is 0 Å². The lowest BCUT2D eigenvalue weighted by Crippen LogP contribution is -2.69. The topological polar surface area (TPSA) is 144 Å². The molecular weight excluding hydrogens is 546 g/mol. The van der Waals surface area contributed by atoms with Crippen molar-refractivity contribution in [2.24, 2.45) is 5.10 Å². The van der Waals surface area contributed by atoms with Crippen molar-refractivity contribution >= 4 is 42.4 Å². The molecule has 5 aromatic rings. The summed E-state index contributed by atoms with van der Waals surface area (Å²) in [6.45, 7) is 1.81. The quantitative estimate of drug-likeness (QED) is 0.105. The highest BCUT2D eigenvalue weighted by atomic mass is 32.2. The summed E-state index contributed by atoms with van der Waals surface area (Å²) in [5.41, 5.74) is 10.1. The number of hydrogen-bond acceptors (Lipinski definition) is 8. The van der Waals surface area contributed by atoms with Crippen molar-refractivity contribution < 1.29 is 23.7 Å². The van der Waals surface area contributed by atoms with E-state index in [0.29, 0.717) is 40.8 Å². The van der Waals surface area contributed by atoms with E-state index in [-0.39, 0.29) is 4.90 Å². The van der Waals surface area contributed by atoms with Crippen molar-refractivity contribution in [3.8, 4) is 11.3 Å². The van der Waals surface area contributed by atoms with Gasteiger partial charge in [0, 0.05) is 12.0 Å². The maximum atomic E-state index is 13.0. The van der Waals surface area contributed by atoms with Crippen molar-refractivity contribution in [2.75, 3.05) is 5.43 Å². The summed E-state index contributed by atoms with van der Waals surface area (Å²) in [6, 6.07) is 27.0. The third-order valence-electron chi connectivity index (χ3n) is 6.37. The molecule has 0 fully saturated rings. The van der Waals surface area contributed by atoms with Crippen LogP contribution in [-0.2, 0) is 16.4 Å². The number of thiazole rings is 1. The number of nitrogens with zero attached hydrogens (tertiary/aromatic N) is 2. The van der Waals surface area contributed by atoms with E-state index in [2.05, 4.69) is 26.0 Å². The Hall–Kier alpha value is -3.87. The third kappa shape index (κ3) is 6.64. The molecule has 0 aliphatic rings. The van der Waals surface area contributed by atoms with Crippen LogP contribution in [0, 0.1) is 0 Å². The number of hydrazone groups is 1. The number of hydrogen-bond donors (Lipinski definition) is 4. The predicted octanol–water partition coefficient (Wildman–Crippen LogP) is 4.23. The third-order valence-corrected chi connectivity index (χ3v) is 8.74. The molecule has 2 atom stereocenters. The first-order valence-electron chi connectivity index (χ1n) is 12.7. The van der Waals surface area contributed by atoms with Crippen molar-refractivity contribution in [3.05, 3.63) is 102 Å². The number of aryl methyl sites for hydroxylation is 1. The molecule has 2 heterocycles. The van der Waals surface area contributed by atoms with Gasteiger partial charge in [0.05, 0.1) is 15.1 Å². The molecule has 0 saturated carbocycles. The summed E-state index contributed by atoms with van der Waals surface area (Å²) in [5.74, 6) is 1.02. The Morgan fingerprint density at radius 3 is 2.62 bits per heavy atom. The number of nitrogens with one attached hydrogen (secondary N) is 2. The van der Waals surface area contributed by atoms with Crippen molar-refractivity contribution in [2.45, 2.75) is 36.9 Å². The molecule has 9 nitrogen and oxygen atoms in total. The Kier molecular flexibility index (Phi) is 8.38. The normalized spacial score (nSPS) is 13.8. The zero-order chi connectivity index (χ0) is 28.1. The Morgan fingerprint density at radius 1 is 1.05 bits per heavy atom. The number of sulfonamides is 1. The molecule has 6 N–H and O–H groups in total. The smallest absolute Gasteiger partial charge is 0.242 e. The van der Waals surface area contributed by atoms with Crippen molar-refractivity contribution in [1.29, 1.82) is 0 Å². The molecule has 0 spiro atoms. The fourth-order valence-electron chi connectivity index (χ4n) is 4.09. The van der Waals surface area contributed by atoms with E-state index in [1.807, 2.05) is 61.5 Å². The van der Waals surface area contributed by atoms with E-state index in [9.17, 15) is 13.5 Å². The fraction of sp³-hybridized carbons (Fsp3) is 0.172. The Bertz CT molecular complexity index is 1700. The lowest BCUT2D eigenvalue weighted by Gasteiger charge is -2.17. The lowest BCUT2D eigenvalue weighted by molar-refractivity contribution is -0.439. The van der Waals surface area contributed by atoms with Crippen LogP contribution in [0.15, 0.2) is 105 Å². The first-order valence-corrected chi connectivity index (χ1v) is 15.0. The second-order valence-electron chi connectivity index (χ2n) is 9.34. The molecule has 0 aliphatic heterocycles. The van der Waals surface area contributed by atoms with Gasteiger partial charge >= 0.3 is 0 Å². The molecule has 0 radical (unpaired) electrons. The Labute approximate surface area is 236 Å². The average molecular weight is 577 g/mol. The number of fused-ring (bicyclic) bond motifs is 1. The minimum Gasteiger partial charge on any atom is -0.455 e. The number of quaternary nitrogens is 1. The van der Waals surface area contributed by atoms with Crippen LogP contribution in [-0.4, -0.2) is 36.5 Å². The Morgan fingerprint density at radius 2 is 1.82 bits per heavy atom. The second-order valence-corrected chi connectivity index (χ2v) is 12.1. The molecular formula is C29H30N5O4S2+. The maximum absolute atomic E-state index is 13.0. The second kappa shape index (κ2) is 12.1. The number of aliphatic hydroxyl groups is 1. The van der Waals surface area contributed by atoms with Crippen LogP contribution in [0.1, 0.15) is 24.7 Å². The highest BCUT2D eigenvalue weighted by Crippen LogP contribution is 2.27. The monoisotopic (exact) mass is 576 g/mol. The zero-order valence-electron chi connectivity index (χ0n) is 21.8. The standard InChI is InChI=1S/C29H29N5O4S2/c1-19(32-33-29-31-24-12-5-6-13-27(24)39-29)25-16-17-26(38-25)21-10-7-11-22(18-21)40(36,37)34-28(35)23(30)15-14-20-8-3-2-4-9-20/h2-13,16-18,23,28,34-35H,14-15,30H2,1H3,(H,31,33)/p+1/b32-19+/t23-,28?/m0/s1. The van der Waals surface area contributed by atoms with Gasteiger partial charge in [-0.1, -0.05) is 65.9 Å². The summed E-state index contributed by atoms with van der Waals surface area (Å²) in [5, 5.41) is 15.6. The number of aromatic nitrogens is 1. The van der Waals surface area contributed by atoms with Gasteiger partial charge in [0.2, 0.25) is 15.2 Å². The lowest BCUT2D eigenvalue weighted by atomic mass is 10.1. The van der Waals surface area contributed by atoms with Gasteiger partial charge in [0.15, 0.2) is 12.0 Å². The van der Waals surface area contributed by atoms with E-state index in [1.165, 1.54) is 23.5 Å². The molecule has 206 valence electrons. The van der Waals surface area contributed by atoms with Crippen LogP contribution in [0.5, 0.6) is 0 Å². The molecule has 40 heavy (non-hydrogen) atoms. The molecule has 3 aromatic carbocycles. The highest BCUT2D eigenvalue weighted by Gasteiger charge is 2.25. The van der Waals surface area contributed by atoms with E-state index in [4.69, 9.17) is 4.42 Å². The van der Waals surface area contributed by atoms with Gasteiger partial charge in [0.1, 0.15) is 17.5 Å². The SMILES string of the molecule is C/C(=N\Nc1nc2ccccc2s1)c1ccc(-c2cccc(S(=O)(=O)NC(O)[C@@H]([NH3+])CCc3ccccc3)c2)o1. The largest absolute Gasteiger partial charge is 0.455 e. The van der Waals surface area contributed by atoms with Gasteiger partial charge in [-0.3, -0.25) is 5.43 Å². The minimum atomic E-state index is -4.00. The van der Waals surface area contributed by atoms with Crippen LogP contribution >= 0.6 is 11.3 Å². The van der Waals surface area contributed by atoms with E-state index in [0.717, 1.165) is 15.8 Å². The molecule has 0 bridgehead atoms. The number of benzene rings is 3. The summed E-state index contributed by atoms with van der Waals surface area (Å²) >= 11 is 1.50. The van der Waals surface area contributed by atoms with Crippen LogP contribution in [0.3, 0.4) is 0 Å². The van der Waals surface area contributed by atoms with Crippen molar-refractivity contribution in [3.63, 3.8) is 0 Å². The number of aliphatic hydroxyl groups excluding tert-OH is 1. The number of para-hydroxylation sites is 1. The average Bonchev–Trinajstić information content (AvgIpc) is 3.63. The molecule has 11 heteroatoms. The summed E-state index contributed by atoms with van der Waals surface area (Å²) < 4.78 is 35.5. The van der Waals surface area contributed by atoms with Crippen molar-refractivity contribution in [1.82, 2.24) is 9.71 Å². The van der Waals surface area contributed by atoms with Gasteiger partial charge in [-0.15, -0.1) is 0 Å². The summed E-state index contributed by atoms with van der Waals surface area (Å²) in [6.07, 6.45) is -0.116. The number of anilines is 1. The van der Waals surface area contributed by atoms with Crippen LogP contribution in [0.25, 0.3) is 21.5 Å². The van der Waals surface area contributed by atoms with Crippen LogP contribution in [0.2, 0.25) is 0 Å². The van der Waals surface area contributed by atoms with Gasteiger partial charge in [-0.05, 0) is 55.3 Å². The molecule has 1 unspecified atom stereocenters. The number of rotatable bonds is 11. The molecule has 5 rings (SSSR count). The zero-order valence-corrected chi connectivity index (χ0v) is 23.5. The minimum absolute atomic E-state index is 0.0140. The first kappa shape index (κ1) is 27.7. The summed E-state index contributed by atoms with van der Waals surface area (Å²) in [4.78, 5) is 4.52. The van der Waals surface area contributed by atoms with Crippen LogP contribution in [0.4, 0.5) is 5.13 Å². The van der Waals surface area contributed by atoms with Gasteiger partial charge in [-0.2, -0.15) is 9.82 Å². The van der Waals surface area contributed by atoms with E-state index in [1.54, 1.807) is 24.3 Å². The molecule has 0 saturated heterocycles. The van der Waals surface area contributed by atoms with E-state index >= 15 is 0 Å². The predicted molar refractivity (Wildman–Crippen MR) is 157 cm³/mol. The van der Waals surface area contributed by atoms with E-state index < -0.39 is 22.3 Å². The van der Waals surface area contributed by atoms with Gasteiger partial charge < -0.3 is 15.3 Å². The first-order chi connectivity index (χ1) is 19.3. The molecule has 0 amide bonds. The highest BCUT2D eigenvalue weighted by molar-refractivity contribution is 7.89. The molecule has 0 aliphatic carbocycles. The Balaban J connectivity index is 1.24. The van der Waals surface area contributed by atoms with Gasteiger partial charge in [-0.25, -0.2) is 13.4 Å². The summed E-state index contributed by atoms with van der Waals surface area (Å²) in [7, 11) is -4.00. The molecule has 2 aromatic heterocycles. The van der Waals surface area contributed by atoms with Crippen LogP contribution < -0.4 is 15.9 Å². The fourth-order valence-corrected chi connectivity index (χ4v) is 6.08. The maximum Gasteiger partial charge on any atom is 0.242 e. The number of furan rings is 1.